The molecule has 1 unspecified atom stereocenters. The fraction of sp³-hybridized carbons (Fsp3) is 0.538. The van der Waals surface area contributed by atoms with Crippen LogP contribution in [0.1, 0.15) is 30.9 Å². The molecule has 0 aromatic heterocycles. The number of hydrogen-bond donors (Lipinski definition) is 2. The summed E-state index contributed by atoms with van der Waals surface area (Å²) in [5.74, 6) is -0.426. The van der Waals surface area contributed by atoms with Crippen molar-refractivity contribution in [1.82, 2.24) is 4.72 Å². The average Bonchev–Trinajstić information content (AvgIpc) is 2.23. The summed E-state index contributed by atoms with van der Waals surface area (Å²) < 4.78 is 40.4. The van der Waals surface area contributed by atoms with Crippen molar-refractivity contribution in [3.63, 3.8) is 0 Å². The van der Waals surface area contributed by atoms with Crippen LogP contribution in [0.4, 0.5) is 4.39 Å². The third kappa shape index (κ3) is 4.26. The van der Waals surface area contributed by atoms with Crippen molar-refractivity contribution in [3.05, 3.63) is 29.1 Å². The van der Waals surface area contributed by atoms with Gasteiger partial charge in [0.15, 0.2) is 0 Å². The number of benzene rings is 1. The van der Waals surface area contributed by atoms with Crippen molar-refractivity contribution in [2.24, 2.45) is 5.73 Å². The first-order chi connectivity index (χ1) is 8.77. The standard InChI is InChI=1S/C13H21FN2O2S/c1-9-7-12(14)8-10(2)13(9)19(17,18)16-11(3)5-4-6-15/h7-8,11,16H,4-6,15H2,1-3H3. The maximum Gasteiger partial charge on any atom is 0.241 e. The molecule has 4 nitrogen and oxygen atoms in total. The lowest BCUT2D eigenvalue weighted by atomic mass is 10.1. The van der Waals surface area contributed by atoms with Gasteiger partial charge < -0.3 is 5.73 Å². The highest BCUT2D eigenvalue weighted by Crippen LogP contribution is 2.21. The van der Waals surface area contributed by atoms with E-state index in [9.17, 15) is 12.8 Å². The Labute approximate surface area is 114 Å². The first kappa shape index (κ1) is 16.1. The molecule has 0 amide bonds. The quantitative estimate of drug-likeness (QED) is 0.839. The van der Waals surface area contributed by atoms with Gasteiger partial charge in [-0.25, -0.2) is 17.5 Å². The Hall–Kier alpha value is -0.980. The number of sulfonamides is 1. The second-order valence-corrected chi connectivity index (χ2v) is 6.47. The Morgan fingerprint density at radius 1 is 1.32 bits per heavy atom. The van der Waals surface area contributed by atoms with Crippen molar-refractivity contribution < 1.29 is 12.8 Å². The number of halogens is 1. The van der Waals surface area contributed by atoms with Gasteiger partial charge in [0.1, 0.15) is 5.82 Å². The summed E-state index contributed by atoms with van der Waals surface area (Å²) in [5, 5.41) is 0. The van der Waals surface area contributed by atoms with Gasteiger partial charge in [0, 0.05) is 6.04 Å². The molecule has 1 aromatic carbocycles. The highest BCUT2D eigenvalue weighted by atomic mass is 32.2. The molecule has 0 bridgehead atoms. The van der Waals surface area contributed by atoms with Gasteiger partial charge in [0.05, 0.1) is 4.90 Å². The van der Waals surface area contributed by atoms with Crippen LogP contribution in [0, 0.1) is 19.7 Å². The Morgan fingerprint density at radius 2 is 1.84 bits per heavy atom. The second-order valence-electron chi connectivity index (χ2n) is 4.82. The van der Waals surface area contributed by atoms with E-state index in [4.69, 9.17) is 5.73 Å². The number of nitrogens with one attached hydrogen (secondary N) is 1. The molecule has 0 aliphatic heterocycles. The fourth-order valence-corrected chi connectivity index (χ4v) is 3.86. The van der Waals surface area contributed by atoms with Gasteiger partial charge in [0.2, 0.25) is 10.0 Å². The van der Waals surface area contributed by atoms with E-state index in [0.29, 0.717) is 24.1 Å². The zero-order chi connectivity index (χ0) is 14.6. The molecule has 1 atom stereocenters. The molecule has 0 aliphatic carbocycles. The maximum absolute atomic E-state index is 13.2. The van der Waals surface area contributed by atoms with Crippen LogP contribution >= 0.6 is 0 Å². The average molecular weight is 288 g/mol. The first-order valence-electron chi connectivity index (χ1n) is 6.27. The largest absolute Gasteiger partial charge is 0.330 e. The lowest BCUT2D eigenvalue weighted by molar-refractivity contribution is 0.537. The van der Waals surface area contributed by atoms with Crippen LogP contribution in [0.2, 0.25) is 0 Å². The summed E-state index contributed by atoms with van der Waals surface area (Å²) in [4.78, 5) is 0.161. The monoisotopic (exact) mass is 288 g/mol. The topological polar surface area (TPSA) is 72.2 Å². The highest BCUT2D eigenvalue weighted by molar-refractivity contribution is 7.89. The summed E-state index contributed by atoms with van der Waals surface area (Å²) in [5.41, 5.74) is 6.22. The van der Waals surface area contributed by atoms with E-state index in [1.54, 1.807) is 20.8 Å². The van der Waals surface area contributed by atoms with E-state index >= 15 is 0 Å². The van der Waals surface area contributed by atoms with E-state index in [1.807, 2.05) is 0 Å². The van der Waals surface area contributed by atoms with Gasteiger partial charge in [0.25, 0.3) is 0 Å². The summed E-state index contributed by atoms with van der Waals surface area (Å²) in [7, 11) is -3.63. The Bertz CT molecular complexity index is 521. The summed E-state index contributed by atoms with van der Waals surface area (Å²) in [6.07, 6.45) is 1.43. The van der Waals surface area contributed by atoms with Crippen molar-refractivity contribution in [2.45, 2.75) is 44.6 Å². The summed E-state index contributed by atoms with van der Waals surface area (Å²) >= 11 is 0. The predicted molar refractivity (Wildman–Crippen MR) is 73.9 cm³/mol. The molecule has 0 fully saturated rings. The third-order valence-corrected chi connectivity index (χ3v) is 4.79. The molecule has 0 radical (unpaired) electrons. The van der Waals surface area contributed by atoms with Crippen molar-refractivity contribution in [3.8, 4) is 0 Å². The smallest absolute Gasteiger partial charge is 0.241 e. The van der Waals surface area contributed by atoms with Crippen LogP contribution in [0.15, 0.2) is 17.0 Å². The lowest BCUT2D eigenvalue weighted by Gasteiger charge is -2.16. The number of nitrogens with two attached hydrogens (primary N) is 1. The van der Waals surface area contributed by atoms with E-state index in [1.165, 1.54) is 12.1 Å². The van der Waals surface area contributed by atoms with Crippen LogP contribution in [-0.2, 0) is 10.0 Å². The van der Waals surface area contributed by atoms with Crippen LogP contribution in [-0.4, -0.2) is 21.0 Å². The van der Waals surface area contributed by atoms with Gasteiger partial charge in [-0.05, 0) is 63.4 Å². The van der Waals surface area contributed by atoms with Gasteiger partial charge >= 0.3 is 0 Å². The zero-order valence-corrected chi connectivity index (χ0v) is 12.3. The molecule has 0 spiro atoms. The molecule has 1 aromatic rings. The van der Waals surface area contributed by atoms with E-state index in [-0.39, 0.29) is 10.9 Å². The van der Waals surface area contributed by atoms with Crippen molar-refractivity contribution >= 4 is 10.0 Å². The molecule has 0 heterocycles. The highest BCUT2D eigenvalue weighted by Gasteiger charge is 2.22. The molecule has 19 heavy (non-hydrogen) atoms. The fourth-order valence-electron chi connectivity index (χ4n) is 2.13. The van der Waals surface area contributed by atoms with Gasteiger partial charge in [-0.15, -0.1) is 0 Å². The van der Waals surface area contributed by atoms with Gasteiger partial charge in [-0.3, -0.25) is 0 Å². The number of aryl methyl sites for hydroxylation is 2. The SMILES string of the molecule is Cc1cc(F)cc(C)c1S(=O)(=O)NC(C)CCCN. The van der Waals surface area contributed by atoms with Crippen LogP contribution in [0.5, 0.6) is 0 Å². The van der Waals surface area contributed by atoms with E-state index < -0.39 is 15.8 Å². The third-order valence-electron chi connectivity index (χ3n) is 2.89. The van der Waals surface area contributed by atoms with Crippen molar-refractivity contribution in [2.75, 3.05) is 6.54 Å². The molecular weight excluding hydrogens is 267 g/mol. The minimum atomic E-state index is -3.63. The predicted octanol–water partition coefficient (Wildman–Crippen LogP) is 1.85. The Kier molecular flexibility index (Phi) is 5.46. The maximum atomic E-state index is 13.2. The van der Waals surface area contributed by atoms with Crippen LogP contribution in [0.3, 0.4) is 0 Å². The molecule has 1 rings (SSSR count). The minimum Gasteiger partial charge on any atom is -0.330 e. The lowest BCUT2D eigenvalue weighted by Crippen LogP contribution is -2.33. The molecule has 0 saturated heterocycles. The molecular formula is C13H21FN2O2S. The van der Waals surface area contributed by atoms with Gasteiger partial charge in [-0.1, -0.05) is 0 Å². The van der Waals surface area contributed by atoms with Crippen molar-refractivity contribution in [1.29, 1.82) is 0 Å². The summed E-state index contributed by atoms with van der Waals surface area (Å²) in [6.45, 7) is 5.51. The van der Waals surface area contributed by atoms with E-state index in [2.05, 4.69) is 4.72 Å². The molecule has 0 saturated carbocycles. The van der Waals surface area contributed by atoms with Crippen LogP contribution < -0.4 is 10.5 Å². The molecule has 0 aliphatic rings. The summed E-state index contributed by atoms with van der Waals surface area (Å²) in [6, 6.07) is 2.26. The molecule has 3 N–H and O–H groups in total. The second kappa shape index (κ2) is 6.45. The first-order valence-corrected chi connectivity index (χ1v) is 7.75. The molecule has 108 valence electrons. The van der Waals surface area contributed by atoms with Gasteiger partial charge in [-0.2, -0.15) is 0 Å². The van der Waals surface area contributed by atoms with Crippen LogP contribution in [0.25, 0.3) is 0 Å². The number of hydrogen-bond acceptors (Lipinski definition) is 3. The van der Waals surface area contributed by atoms with E-state index in [0.717, 1.165) is 6.42 Å². The number of rotatable bonds is 6. The molecule has 6 heteroatoms. The normalized spacial score (nSPS) is 13.5. The Morgan fingerprint density at radius 3 is 2.32 bits per heavy atom. The Balaban J connectivity index is 3.01. The minimum absolute atomic E-state index is 0.161. The zero-order valence-electron chi connectivity index (χ0n) is 11.5.